The molecule has 1 atom stereocenters. The largest absolute Gasteiger partial charge is 0.377 e. The molecular weight excluding hydrogens is 167 g/mol. The van der Waals surface area contributed by atoms with Gasteiger partial charge in [-0.05, 0) is 33.2 Å². The minimum Gasteiger partial charge on any atom is -0.377 e. The van der Waals surface area contributed by atoms with Gasteiger partial charge in [0.2, 0.25) is 0 Å². The number of ketones is 1. The van der Waals surface area contributed by atoms with Crippen LogP contribution in [-0.2, 0) is 16.6 Å². The minimum absolute atomic E-state index is 0.235. The quantitative estimate of drug-likeness (QED) is 0.645. The number of rotatable bonds is 2. The summed E-state index contributed by atoms with van der Waals surface area (Å²) in [4.78, 5) is 10.8. The fourth-order valence-corrected chi connectivity index (χ4v) is 1.52. The van der Waals surface area contributed by atoms with Crippen LogP contribution in [0.25, 0.3) is 0 Å². The normalized spacial score (nSPS) is 18.1. The summed E-state index contributed by atoms with van der Waals surface area (Å²) in [5.74, 6) is -0.235. The smallest absolute Gasteiger partial charge is 0.166 e. The zero-order chi connectivity index (χ0) is 8.58. The Bertz CT molecular complexity index is 192. The van der Waals surface area contributed by atoms with Gasteiger partial charge >= 0.3 is 0 Å². The molecule has 0 saturated heterocycles. The molecule has 0 amide bonds. The minimum atomic E-state index is -1.89. The summed E-state index contributed by atoms with van der Waals surface area (Å²) in [6.07, 6.45) is 0. The highest BCUT2D eigenvalue weighted by atomic mass is 32.4. The van der Waals surface area contributed by atoms with Gasteiger partial charge in [-0.15, -0.1) is 0 Å². The first-order chi connectivity index (χ1) is 4.19. The van der Waals surface area contributed by atoms with Crippen molar-refractivity contribution in [2.24, 2.45) is 0 Å². The molecule has 2 nitrogen and oxygen atoms in total. The van der Waals surface area contributed by atoms with Gasteiger partial charge < -0.3 is 5.11 Å². The van der Waals surface area contributed by atoms with Crippen LogP contribution in [0.2, 0.25) is 0 Å². The number of hydrogen-bond donors (Lipinski definition) is 1. The molecule has 0 aliphatic heterocycles. The SMILES string of the molecule is CC(=O)C(C)(O)P(C)(C)=S. The van der Waals surface area contributed by atoms with Crippen LogP contribution in [0.1, 0.15) is 13.8 Å². The summed E-state index contributed by atoms with van der Waals surface area (Å²) in [7, 11) is 0. The summed E-state index contributed by atoms with van der Waals surface area (Å²) in [6, 6.07) is -1.89. The highest BCUT2D eigenvalue weighted by Crippen LogP contribution is 2.50. The number of carbonyl (C=O) groups excluding carboxylic acids is 1. The fourth-order valence-electron chi connectivity index (χ4n) is 0.379. The standard InChI is InChI=1S/C6H13O2PS/c1-5(7)6(2,8)9(3,4)10/h8H,1-4H3. The zero-order valence-corrected chi connectivity index (χ0v) is 8.42. The molecular formula is C6H13O2PS. The van der Waals surface area contributed by atoms with E-state index in [0.29, 0.717) is 0 Å². The maximum absolute atomic E-state index is 10.8. The van der Waals surface area contributed by atoms with Crippen molar-refractivity contribution in [2.75, 3.05) is 13.3 Å². The topological polar surface area (TPSA) is 37.3 Å². The van der Waals surface area contributed by atoms with E-state index in [1.54, 1.807) is 13.3 Å². The van der Waals surface area contributed by atoms with Gasteiger partial charge in [-0.3, -0.25) is 4.79 Å². The summed E-state index contributed by atoms with van der Waals surface area (Å²) in [5, 5.41) is 8.25. The second-order valence-corrected chi connectivity index (χ2v) is 9.24. The summed E-state index contributed by atoms with van der Waals surface area (Å²) < 4.78 is 0. The average Bonchev–Trinajstić information content (AvgIpc) is 1.62. The summed E-state index contributed by atoms with van der Waals surface area (Å²) in [5.41, 5.74) is 0. The molecule has 0 saturated carbocycles. The molecule has 0 aliphatic rings. The predicted molar refractivity (Wildman–Crippen MR) is 47.4 cm³/mol. The predicted octanol–water partition coefficient (Wildman–Crippen LogP) is 1.02. The van der Waals surface area contributed by atoms with E-state index in [9.17, 15) is 9.90 Å². The van der Waals surface area contributed by atoms with E-state index in [1.165, 1.54) is 13.8 Å². The summed E-state index contributed by atoms with van der Waals surface area (Å²) >= 11 is 5.04. The Labute approximate surface area is 66.6 Å². The maximum Gasteiger partial charge on any atom is 0.166 e. The van der Waals surface area contributed by atoms with Crippen LogP contribution >= 0.6 is 6.04 Å². The van der Waals surface area contributed by atoms with Gasteiger partial charge in [0.15, 0.2) is 5.78 Å². The number of Topliss-reactive ketones (excluding diaryl/α,β-unsaturated/α-hetero) is 1. The Morgan fingerprint density at radius 2 is 1.90 bits per heavy atom. The molecule has 0 bridgehead atoms. The molecule has 1 N–H and O–H groups in total. The number of hydrogen-bond acceptors (Lipinski definition) is 3. The van der Waals surface area contributed by atoms with Crippen LogP contribution in [0.3, 0.4) is 0 Å². The van der Waals surface area contributed by atoms with Crippen LogP contribution in [-0.4, -0.2) is 29.6 Å². The van der Waals surface area contributed by atoms with Crippen LogP contribution < -0.4 is 0 Å². The van der Waals surface area contributed by atoms with Crippen molar-refractivity contribution in [3.63, 3.8) is 0 Å². The first kappa shape index (κ1) is 10.3. The van der Waals surface area contributed by atoms with Crippen molar-refractivity contribution in [3.8, 4) is 0 Å². The molecule has 0 aliphatic carbocycles. The first-order valence-electron chi connectivity index (χ1n) is 2.98. The maximum atomic E-state index is 10.8. The molecule has 0 aromatic rings. The van der Waals surface area contributed by atoms with Gasteiger partial charge in [-0.1, -0.05) is 11.8 Å². The molecule has 0 fully saturated rings. The molecule has 1 unspecified atom stereocenters. The van der Waals surface area contributed by atoms with Gasteiger partial charge in [-0.25, -0.2) is 0 Å². The first-order valence-corrected chi connectivity index (χ1v) is 6.68. The molecule has 0 aromatic carbocycles. The Hall–Kier alpha value is 0.280. The zero-order valence-electron chi connectivity index (χ0n) is 6.71. The van der Waals surface area contributed by atoms with Crippen molar-refractivity contribution in [1.82, 2.24) is 0 Å². The van der Waals surface area contributed by atoms with Gasteiger partial charge in [0.25, 0.3) is 0 Å². The average molecular weight is 180 g/mol. The van der Waals surface area contributed by atoms with Gasteiger partial charge in [0.1, 0.15) is 5.34 Å². The highest BCUT2D eigenvalue weighted by Gasteiger charge is 2.35. The van der Waals surface area contributed by atoms with Crippen molar-refractivity contribution >= 4 is 23.6 Å². The van der Waals surface area contributed by atoms with E-state index < -0.39 is 11.4 Å². The van der Waals surface area contributed by atoms with E-state index in [0.717, 1.165) is 0 Å². The molecule has 0 rings (SSSR count). The monoisotopic (exact) mass is 180 g/mol. The van der Waals surface area contributed by atoms with E-state index in [2.05, 4.69) is 0 Å². The van der Waals surface area contributed by atoms with Crippen molar-refractivity contribution in [3.05, 3.63) is 0 Å². The van der Waals surface area contributed by atoms with Crippen LogP contribution in [0.15, 0.2) is 0 Å². The lowest BCUT2D eigenvalue weighted by Gasteiger charge is -2.27. The van der Waals surface area contributed by atoms with Gasteiger partial charge in [0.05, 0.1) is 0 Å². The van der Waals surface area contributed by atoms with Gasteiger partial charge in [0, 0.05) is 0 Å². The molecule has 0 heterocycles. The third-order valence-electron chi connectivity index (χ3n) is 1.72. The second-order valence-electron chi connectivity index (χ2n) is 2.93. The molecule has 0 radical (unpaired) electrons. The number of aliphatic hydroxyl groups is 1. The van der Waals surface area contributed by atoms with Crippen molar-refractivity contribution < 1.29 is 9.90 Å². The molecule has 0 aromatic heterocycles. The third kappa shape index (κ3) is 1.88. The third-order valence-corrected chi connectivity index (χ3v) is 5.19. The van der Waals surface area contributed by atoms with E-state index in [-0.39, 0.29) is 5.78 Å². The van der Waals surface area contributed by atoms with E-state index in [4.69, 9.17) is 11.8 Å². The Balaban J connectivity index is 4.75. The summed E-state index contributed by atoms with van der Waals surface area (Å²) in [6.45, 7) is 6.40. The number of carbonyl (C=O) groups is 1. The highest BCUT2D eigenvalue weighted by molar-refractivity contribution is 8.14. The van der Waals surface area contributed by atoms with E-state index in [1.807, 2.05) is 0 Å². The lowest BCUT2D eigenvalue weighted by molar-refractivity contribution is -0.126. The van der Waals surface area contributed by atoms with Gasteiger partial charge in [-0.2, -0.15) is 0 Å². The molecule has 10 heavy (non-hydrogen) atoms. The molecule has 60 valence electrons. The molecule has 4 heteroatoms. The van der Waals surface area contributed by atoms with Crippen LogP contribution in [0, 0.1) is 0 Å². The van der Waals surface area contributed by atoms with Crippen molar-refractivity contribution in [2.45, 2.75) is 19.2 Å². The van der Waals surface area contributed by atoms with Crippen LogP contribution in [0.5, 0.6) is 0 Å². The van der Waals surface area contributed by atoms with E-state index >= 15 is 0 Å². The Kier molecular flexibility index (Phi) is 2.80. The second kappa shape index (κ2) is 2.72. The fraction of sp³-hybridized carbons (Fsp3) is 0.833. The lowest BCUT2D eigenvalue weighted by atomic mass is 10.3. The van der Waals surface area contributed by atoms with Crippen molar-refractivity contribution in [1.29, 1.82) is 0 Å². The Morgan fingerprint density at radius 1 is 1.60 bits per heavy atom. The van der Waals surface area contributed by atoms with Crippen LogP contribution in [0.4, 0.5) is 0 Å². The Morgan fingerprint density at radius 3 is 1.90 bits per heavy atom. The molecule has 0 spiro atoms. The lowest BCUT2D eigenvalue weighted by Crippen LogP contribution is -2.31.